The van der Waals surface area contributed by atoms with E-state index in [1.165, 1.54) is 11.1 Å². The second-order valence-corrected chi connectivity index (χ2v) is 6.70. The molecule has 4 rings (SSSR count). The quantitative estimate of drug-likeness (QED) is 0.916. The lowest BCUT2D eigenvalue weighted by atomic mass is 9.79. The lowest BCUT2D eigenvalue weighted by molar-refractivity contribution is -0.0337. The largest absolute Gasteiger partial charge is 0.389 e. The fourth-order valence-corrected chi connectivity index (χ4v) is 4.33. The van der Waals surface area contributed by atoms with Gasteiger partial charge in [0.1, 0.15) is 0 Å². The minimum absolute atomic E-state index is 0.341. The summed E-state index contributed by atoms with van der Waals surface area (Å²) in [5, 5.41) is 19.6. The summed E-state index contributed by atoms with van der Waals surface area (Å²) in [6, 6.07) is 8.66. The molecular formula is C17H21N3O. The predicted octanol–water partition coefficient (Wildman–Crippen LogP) is 1.91. The van der Waals surface area contributed by atoms with Gasteiger partial charge in [-0.3, -0.25) is 4.68 Å². The summed E-state index contributed by atoms with van der Waals surface area (Å²) in [4.78, 5) is 0. The minimum atomic E-state index is -0.630. The van der Waals surface area contributed by atoms with Crippen molar-refractivity contribution >= 4 is 0 Å². The van der Waals surface area contributed by atoms with Gasteiger partial charge in [0.25, 0.3) is 0 Å². The Balaban J connectivity index is 1.68. The first-order valence-electron chi connectivity index (χ1n) is 7.79. The monoisotopic (exact) mass is 283 g/mol. The van der Waals surface area contributed by atoms with E-state index in [2.05, 4.69) is 34.6 Å². The fourth-order valence-electron chi connectivity index (χ4n) is 4.33. The van der Waals surface area contributed by atoms with E-state index in [-0.39, 0.29) is 0 Å². The van der Waals surface area contributed by atoms with Crippen LogP contribution < -0.4 is 0 Å². The van der Waals surface area contributed by atoms with Crippen LogP contribution in [0.2, 0.25) is 0 Å². The van der Waals surface area contributed by atoms with Crippen LogP contribution in [-0.4, -0.2) is 25.7 Å². The van der Waals surface area contributed by atoms with Gasteiger partial charge in [0.05, 0.1) is 11.3 Å². The summed E-state index contributed by atoms with van der Waals surface area (Å²) in [6.45, 7) is 0. The number of aryl methyl sites for hydroxylation is 1. The molecule has 0 aliphatic heterocycles. The molecule has 1 aromatic heterocycles. The van der Waals surface area contributed by atoms with Gasteiger partial charge in [-0.15, -0.1) is 5.10 Å². The molecule has 1 N–H and O–H groups in total. The third kappa shape index (κ3) is 2.09. The Morgan fingerprint density at radius 1 is 1.19 bits per heavy atom. The van der Waals surface area contributed by atoms with Crippen LogP contribution in [0.5, 0.6) is 0 Å². The zero-order chi connectivity index (χ0) is 14.4. The highest BCUT2D eigenvalue weighted by Crippen LogP contribution is 2.48. The van der Waals surface area contributed by atoms with Crippen LogP contribution in [0.1, 0.15) is 29.7 Å². The van der Waals surface area contributed by atoms with Crippen LogP contribution in [-0.2, 0) is 26.3 Å². The Labute approximate surface area is 124 Å². The highest BCUT2D eigenvalue weighted by atomic mass is 16.3. The number of benzene rings is 1. The van der Waals surface area contributed by atoms with Crippen molar-refractivity contribution in [2.45, 2.75) is 37.7 Å². The Morgan fingerprint density at radius 2 is 1.81 bits per heavy atom. The van der Waals surface area contributed by atoms with Crippen LogP contribution in [0.3, 0.4) is 0 Å². The van der Waals surface area contributed by atoms with Gasteiger partial charge in [-0.05, 0) is 48.6 Å². The van der Waals surface area contributed by atoms with Gasteiger partial charge in [-0.1, -0.05) is 29.5 Å². The smallest absolute Gasteiger partial charge is 0.0855 e. The molecule has 2 aliphatic carbocycles. The molecule has 2 bridgehead atoms. The molecule has 1 saturated carbocycles. The number of nitrogens with zero attached hydrogens (tertiary/aromatic N) is 3. The van der Waals surface area contributed by atoms with E-state index in [9.17, 15) is 5.11 Å². The van der Waals surface area contributed by atoms with Crippen LogP contribution in [0.25, 0.3) is 0 Å². The molecule has 1 heterocycles. The third-order valence-electron chi connectivity index (χ3n) is 5.44. The van der Waals surface area contributed by atoms with E-state index < -0.39 is 5.60 Å². The first-order chi connectivity index (χ1) is 10.1. The number of rotatable bonds is 2. The molecule has 0 amide bonds. The Hall–Kier alpha value is -1.68. The maximum Gasteiger partial charge on any atom is 0.0855 e. The standard InChI is InChI=1S/C17H21N3O/c1-20-11-16(18-19-20)10-17(21)14-6-7-15(17)9-13-5-3-2-4-12(13)8-14/h2-5,11,14-15,21H,6-10H2,1H3. The van der Waals surface area contributed by atoms with Crippen molar-refractivity contribution in [1.29, 1.82) is 0 Å². The summed E-state index contributed by atoms with van der Waals surface area (Å²) in [5.74, 6) is 0.682. The van der Waals surface area contributed by atoms with E-state index in [1.54, 1.807) is 4.68 Å². The molecule has 0 radical (unpaired) electrons. The number of aliphatic hydroxyl groups is 1. The van der Waals surface area contributed by atoms with Crippen LogP contribution in [0.4, 0.5) is 0 Å². The van der Waals surface area contributed by atoms with Crippen LogP contribution in [0, 0.1) is 11.8 Å². The van der Waals surface area contributed by atoms with Gasteiger partial charge < -0.3 is 5.11 Å². The molecule has 2 unspecified atom stereocenters. The molecule has 0 spiro atoms. The van der Waals surface area contributed by atoms with Crippen molar-refractivity contribution < 1.29 is 5.11 Å². The summed E-state index contributed by atoms with van der Waals surface area (Å²) in [6.07, 6.45) is 6.78. The third-order valence-corrected chi connectivity index (χ3v) is 5.44. The SMILES string of the molecule is Cn1cc(CC2(O)C3CCC2Cc2ccccc2C3)nn1. The van der Waals surface area contributed by atoms with E-state index in [1.807, 2.05) is 13.2 Å². The molecule has 1 aromatic carbocycles. The second kappa shape index (κ2) is 4.67. The van der Waals surface area contributed by atoms with Gasteiger partial charge in [0.2, 0.25) is 0 Å². The van der Waals surface area contributed by atoms with Crippen molar-refractivity contribution in [3.63, 3.8) is 0 Å². The van der Waals surface area contributed by atoms with Gasteiger partial charge in [0.15, 0.2) is 0 Å². The maximum absolute atomic E-state index is 11.4. The molecule has 1 fully saturated rings. The van der Waals surface area contributed by atoms with Crippen LogP contribution in [0.15, 0.2) is 30.5 Å². The molecule has 4 heteroatoms. The molecular weight excluding hydrogens is 262 g/mol. The van der Waals surface area contributed by atoms with E-state index >= 15 is 0 Å². The van der Waals surface area contributed by atoms with Crippen molar-refractivity contribution in [2.75, 3.05) is 0 Å². The van der Waals surface area contributed by atoms with Gasteiger partial charge in [-0.25, -0.2) is 0 Å². The molecule has 2 atom stereocenters. The summed E-state index contributed by atoms with van der Waals surface area (Å²) < 4.78 is 1.71. The lowest BCUT2D eigenvalue weighted by Gasteiger charge is -2.33. The summed E-state index contributed by atoms with van der Waals surface area (Å²) in [5.41, 5.74) is 3.11. The van der Waals surface area contributed by atoms with Gasteiger partial charge >= 0.3 is 0 Å². The minimum Gasteiger partial charge on any atom is -0.389 e. The van der Waals surface area contributed by atoms with Gasteiger partial charge in [0, 0.05) is 19.7 Å². The average Bonchev–Trinajstić information content (AvgIpc) is 2.93. The molecule has 2 aromatic rings. The molecule has 0 saturated heterocycles. The van der Waals surface area contributed by atoms with E-state index in [0.717, 1.165) is 31.4 Å². The normalized spacial score (nSPS) is 31.0. The number of aromatic nitrogens is 3. The number of fused-ring (bicyclic) bond motifs is 3. The molecule has 110 valence electrons. The zero-order valence-corrected chi connectivity index (χ0v) is 12.4. The fraction of sp³-hybridized carbons (Fsp3) is 0.529. The Kier molecular flexibility index (Phi) is 2.89. The zero-order valence-electron chi connectivity index (χ0n) is 12.4. The lowest BCUT2D eigenvalue weighted by Crippen LogP contribution is -2.42. The number of hydrogen-bond donors (Lipinski definition) is 1. The Bertz CT molecular complexity index is 631. The molecule has 2 aliphatic rings. The van der Waals surface area contributed by atoms with Gasteiger partial charge in [-0.2, -0.15) is 0 Å². The highest BCUT2D eigenvalue weighted by Gasteiger charge is 2.50. The topological polar surface area (TPSA) is 50.9 Å². The van der Waals surface area contributed by atoms with Crippen molar-refractivity contribution in [3.05, 3.63) is 47.3 Å². The first-order valence-corrected chi connectivity index (χ1v) is 7.79. The average molecular weight is 283 g/mol. The molecule has 21 heavy (non-hydrogen) atoms. The van der Waals surface area contributed by atoms with Crippen molar-refractivity contribution in [3.8, 4) is 0 Å². The second-order valence-electron chi connectivity index (χ2n) is 6.70. The summed E-state index contributed by atoms with van der Waals surface area (Å²) in [7, 11) is 1.87. The first kappa shape index (κ1) is 13.0. The predicted molar refractivity (Wildman–Crippen MR) is 79.7 cm³/mol. The van der Waals surface area contributed by atoms with E-state index in [0.29, 0.717) is 18.3 Å². The Morgan fingerprint density at radius 3 is 2.33 bits per heavy atom. The summed E-state index contributed by atoms with van der Waals surface area (Å²) >= 11 is 0. The molecule has 4 nitrogen and oxygen atoms in total. The van der Waals surface area contributed by atoms with Crippen molar-refractivity contribution in [1.82, 2.24) is 15.0 Å². The maximum atomic E-state index is 11.4. The van der Waals surface area contributed by atoms with E-state index in [4.69, 9.17) is 0 Å². The van der Waals surface area contributed by atoms with Crippen LogP contribution >= 0.6 is 0 Å². The highest BCUT2D eigenvalue weighted by molar-refractivity contribution is 5.32. The van der Waals surface area contributed by atoms with Crippen molar-refractivity contribution in [2.24, 2.45) is 18.9 Å². The number of hydrogen-bond acceptors (Lipinski definition) is 3.